The van der Waals surface area contributed by atoms with E-state index in [1.54, 1.807) is 0 Å². The first kappa shape index (κ1) is 15.9. The molecule has 4 heteroatoms. The van der Waals surface area contributed by atoms with Crippen LogP contribution in [0.5, 0.6) is 0 Å². The number of para-hydroxylation sites is 1. The molecule has 1 aliphatic rings. The van der Waals surface area contributed by atoms with Crippen LogP contribution in [0.15, 0.2) is 54.6 Å². The number of nitrogens with one attached hydrogen (secondary N) is 2. The largest absolute Gasteiger partial charge is 0.365 e. The average molecular weight is 332 g/mol. The van der Waals surface area contributed by atoms with Gasteiger partial charge < -0.3 is 10.6 Å². The predicted octanol–water partition coefficient (Wildman–Crippen LogP) is 4.99. The van der Waals surface area contributed by atoms with E-state index >= 15 is 0 Å². The van der Waals surface area contributed by atoms with E-state index in [0.29, 0.717) is 6.04 Å². The van der Waals surface area contributed by atoms with Crippen LogP contribution in [-0.2, 0) is 6.54 Å². The van der Waals surface area contributed by atoms with Gasteiger partial charge in [0.25, 0.3) is 0 Å². The maximum absolute atomic E-state index is 4.78. The SMILES string of the molecule is c1ccc(CNc2nc(NC3CCCCC3)nc3ccccc23)cc1. The number of fused-ring (bicyclic) bond motifs is 1. The summed E-state index contributed by atoms with van der Waals surface area (Å²) in [6.45, 7) is 0.755. The van der Waals surface area contributed by atoms with Gasteiger partial charge >= 0.3 is 0 Å². The van der Waals surface area contributed by atoms with Crippen molar-refractivity contribution in [3.63, 3.8) is 0 Å². The first-order valence-electron chi connectivity index (χ1n) is 9.19. The van der Waals surface area contributed by atoms with Gasteiger partial charge in [-0.1, -0.05) is 61.7 Å². The molecule has 1 fully saturated rings. The molecule has 0 aliphatic heterocycles. The summed E-state index contributed by atoms with van der Waals surface area (Å²) in [7, 11) is 0. The van der Waals surface area contributed by atoms with E-state index in [-0.39, 0.29) is 0 Å². The van der Waals surface area contributed by atoms with Crippen molar-refractivity contribution in [2.45, 2.75) is 44.7 Å². The summed E-state index contributed by atoms with van der Waals surface area (Å²) in [6, 6.07) is 19.1. The van der Waals surface area contributed by atoms with Gasteiger partial charge in [-0.15, -0.1) is 0 Å². The number of nitrogens with zero attached hydrogens (tertiary/aromatic N) is 2. The molecule has 3 aromatic rings. The highest BCUT2D eigenvalue weighted by Crippen LogP contribution is 2.25. The molecule has 1 saturated carbocycles. The molecule has 0 saturated heterocycles. The Morgan fingerprint density at radius 1 is 0.840 bits per heavy atom. The number of hydrogen-bond acceptors (Lipinski definition) is 4. The van der Waals surface area contributed by atoms with Gasteiger partial charge in [0.15, 0.2) is 0 Å². The van der Waals surface area contributed by atoms with Crippen LogP contribution in [0.1, 0.15) is 37.7 Å². The van der Waals surface area contributed by atoms with E-state index in [4.69, 9.17) is 9.97 Å². The van der Waals surface area contributed by atoms with Crippen LogP contribution >= 0.6 is 0 Å². The van der Waals surface area contributed by atoms with E-state index in [1.807, 2.05) is 18.2 Å². The van der Waals surface area contributed by atoms with Crippen molar-refractivity contribution in [1.29, 1.82) is 0 Å². The average Bonchev–Trinajstić information content (AvgIpc) is 2.68. The molecule has 0 atom stereocenters. The van der Waals surface area contributed by atoms with Gasteiger partial charge in [-0.3, -0.25) is 0 Å². The fraction of sp³-hybridized carbons (Fsp3) is 0.333. The Labute approximate surface area is 148 Å². The highest BCUT2D eigenvalue weighted by molar-refractivity contribution is 5.90. The predicted molar refractivity (Wildman–Crippen MR) is 104 cm³/mol. The highest BCUT2D eigenvalue weighted by Gasteiger charge is 2.15. The normalized spacial score (nSPS) is 15.2. The van der Waals surface area contributed by atoms with Crippen molar-refractivity contribution in [1.82, 2.24) is 9.97 Å². The lowest BCUT2D eigenvalue weighted by Crippen LogP contribution is -2.23. The molecule has 4 rings (SSSR count). The minimum atomic E-state index is 0.497. The van der Waals surface area contributed by atoms with Gasteiger partial charge in [-0.2, -0.15) is 4.98 Å². The first-order valence-corrected chi connectivity index (χ1v) is 9.19. The smallest absolute Gasteiger partial charge is 0.225 e. The minimum absolute atomic E-state index is 0.497. The van der Waals surface area contributed by atoms with Crippen molar-refractivity contribution < 1.29 is 0 Å². The van der Waals surface area contributed by atoms with Crippen LogP contribution in [-0.4, -0.2) is 16.0 Å². The van der Waals surface area contributed by atoms with Gasteiger partial charge in [-0.05, 0) is 30.5 Å². The fourth-order valence-electron chi connectivity index (χ4n) is 3.49. The lowest BCUT2D eigenvalue weighted by atomic mass is 9.96. The molecule has 0 spiro atoms. The Balaban J connectivity index is 1.59. The highest BCUT2D eigenvalue weighted by atomic mass is 15.2. The number of benzene rings is 2. The lowest BCUT2D eigenvalue weighted by molar-refractivity contribution is 0.461. The van der Waals surface area contributed by atoms with Gasteiger partial charge in [0.05, 0.1) is 5.52 Å². The molecule has 2 N–H and O–H groups in total. The number of anilines is 2. The van der Waals surface area contributed by atoms with Crippen LogP contribution in [0.2, 0.25) is 0 Å². The van der Waals surface area contributed by atoms with Crippen molar-refractivity contribution in [2.24, 2.45) is 0 Å². The summed E-state index contributed by atoms with van der Waals surface area (Å²) in [4.78, 5) is 9.50. The molecule has 1 aromatic heterocycles. The van der Waals surface area contributed by atoms with Crippen molar-refractivity contribution in [3.05, 3.63) is 60.2 Å². The fourth-order valence-corrected chi connectivity index (χ4v) is 3.49. The molecule has 2 aromatic carbocycles. The summed E-state index contributed by atoms with van der Waals surface area (Å²) in [6.07, 6.45) is 6.36. The third-order valence-electron chi connectivity index (χ3n) is 4.84. The summed E-state index contributed by atoms with van der Waals surface area (Å²) in [5.74, 6) is 1.63. The van der Waals surface area contributed by atoms with Gasteiger partial charge in [0, 0.05) is 18.0 Å². The van der Waals surface area contributed by atoms with Gasteiger partial charge in [0.1, 0.15) is 5.82 Å². The van der Waals surface area contributed by atoms with E-state index in [2.05, 4.69) is 47.0 Å². The maximum atomic E-state index is 4.78. The summed E-state index contributed by atoms with van der Waals surface area (Å²) in [5.41, 5.74) is 2.22. The zero-order valence-corrected chi connectivity index (χ0v) is 14.4. The Morgan fingerprint density at radius 3 is 2.44 bits per heavy atom. The van der Waals surface area contributed by atoms with Crippen LogP contribution < -0.4 is 10.6 Å². The Kier molecular flexibility index (Phi) is 4.77. The molecule has 0 amide bonds. The van der Waals surface area contributed by atoms with E-state index in [0.717, 1.165) is 29.2 Å². The third-order valence-corrected chi connectivity index (χ3v) is 4.84. The van der Waals surface area contributed by atoms with E-state index < -0.39 is 0 Å². The minimum Gasteiger partial charge on any atom is -0.365 e. The standard InChI is InChI=1S/C21H24N4/c1-3-9-16(10-4-1)15-22-20-18-13-7-8-14-19(18)24-21(25-20)23-17-11-5-2-6-12-17/h1,3-4,7-10,13-14,17H,2,5-6,11-12,15H2,(H2,22,23,24,25). The van der Waals surface area contributed by atoms with Crippen LogP contribution in [0.25, 0.3) is 10.9 Å². The van der Waals surface area contributed by atoms with Crippen molar-refractivity contribution >= 4 is 22.7 Å². The summed E-state index contributed by atoms with van der Waals surface area (Å²) >= 11 is 0. The van der Waals surface area contributed by atoms with E-state index in [1.165, 1.54) is 37.7 Å². The van der Waals surface area contributed by atoms with Crippen LogP contribution in [0.4, 0.5) is 11.8 Å². The second-order valence-electron chi connectivity index (χ2n) is 6.73. The topological polar surface area (TPSA) is 49.8 Å². The van der Waals surface area contributed by atoms with Crippen LogP contribution in [0, 0.1) is 0 Å². The molecular weight excluding hydrogens is 308 g/mol. The second-order valence-corrected chi connectivity index (χ2v) is 6.73. The van der Waals surface area contributed by atoms with E-state index in [9.17, 15) is 0 Å². The number of rotatable bonds is 5. The van der Waals surface area contributed by atoms with Gasteiger partial charge in [-0.25, -0.2) is 4.98 Å². The molecule has 0 unspecified atom stereocenters. The molecule has 0 radical (unpaired) electrons. The Morgan fingerprint density at radius 2 is 1.60 bits per heavy atom. The molecular formula is C21H24N4. The molecule has 1 heterocycles. The molecule has 128 valence electrons. The summed E-state index contributed by atoms with van der Waals surface area (Å²) in [5, 5.41) is 8.10. The zero-order chi connectivity index (χ0) is 16.9. The third kappa shape index (κ3) is 3.90. The summed E-state index contributed by atoms with van der Waals surface area (Å²) < 4.78 is 0. The monoisotopic (exact) mass is 332 g/mol. The van der Waals surface area contributed by atoms with Crippen LogP contribution in [0.3, 0.4) is 0 Å². The van der Waals surface area contributed by atoms with Crippen molar-refractivity contribution in [3.8, 4) is 0 Å². The quantitative estimate of drug-likeness (QED) is 0.691. The van der Waals surface area contributed by atoms with Gasteiger partial charge in [0.2, 0.25) is 5.95 Å². The molecule has 0 bridgehead atoms. The number of hydrogen-bond donors (Lipinski definition) is 2. The Hall–Kier alpha value is -2.62. The number of aromatic nitrogens is 2. The Bertz CT molecular complexity index is 826. The second kappa shape index (κ2) is 7.51. The molecule has 25 heavy (non-hydrogen) atoms. The zero-order valence-electron chi connectivity index (χ0n) is 14.4. The maximum Gasteiger partial charge on any atom is 0.225 e. The first-order chi connectivity index (χ1) is 12.4. The molecule has 4 nitrogen and oxygen atoms in total. The van der Waals surface area contributed by atoms with Crippen molar-refractivity contribution in [2.75, 3.05) is 10.6 Å². The molecule has 1 aliphatic carbocycles. The lowest BCUT2D eigenvalue weighted by Gasteiger charge is -2.23.